The number of nitrogens with zero attached hydrogens (tertiary/aromatic N) is 1. The number of benzene rings is 2. The normalized spacial score (nSPS) is 12.2. The molecule has 158 valence electrons. The van der Waals surface area contributed by atoms with Gasteiger partial charge in [0.2, 0.25) is 5.91 Å². The van der Waals surface area contributed by atoms with Crippen molar-refractivity contribution in [1.82, 2.24) is 4.90 Å². The highest BCUT2D eigenvalue weighted by Gasteiger charge is 2.17. The molecule has 0 fully saturated rings. The first-order valence-corrected chi connectivity index (χ1v) is 10.9. The van der Waals surface area contributed by atoms with Crippen molar-refractivity contribution in [2.24, 2.45) is 5.92 Å². The Kier molecular flexibility index (Phi) is 9.24. The molecule has 0 radical (unpaired) electrons. The molecular weight excluding hydrogens is 358 g/mol. The molecule has 29 heavy (non-hydrogen) atoms. The van der Waals surface area contributed by atoms with Crippen molar-refractivity contribution < 1.29 is 9.53 Å². The molecule has 2 aromatic carbocycles. The number of ether oxygens (including phenoxy) is 1. The zero-order valence-electron chi connectivity index (χ0n) is 18.7. The van der Waals surface area contributed by atoms with E-state index in [1.807, 2.05) is 36.9 Å². The lowest BCUT2D eigenvalue weighted by atomic mass is 9.88. The molecule has 3 nitrogen and oxygen atoms in total. The minimum Gasteiger partial charge on any atom is -0.491 e. The summed E-state index contributed by atoms with van der Waals surface area (Å²) in [5.74, 6) is 2.18. The van der Waals surface area contributed by atoms with Crippen LogP contribution in [0, 0.1) is 5.92 Å². The van der Waals surface area contributed by atoms with Gasteiger partial charge in [0, 0.05) is 20.0 Å². The van der Waals surface area contributed by atoms with Crippen LogP contribution in [0.5, 0.6) is 5.75 Å². The van der Waals surface area contributed by atoms with E-state index >= 15 is 0 Å². The molecule has 0 aliphatic heterocycles. The summed E-state index contributed by atoms with van der Waals surface area (Å²) in [5.41, 5.74) is 2.52. The molecule has 0 bridgehead atoms. The van der Waals surface area contributed by atoms with E-state index in [1.54, 1.807) is 6.92 Å². The van der Waals surface area contributed by atoms with Gasteiger partial charge in [0.05, 0.1) is 6.10 Å². The van der Waals surface area contributed by atoms with E-state index in [4.69, 9.17) is 4.74 Å². The maximum atomic E-state index is 12.2. The van der Waals surface area contributed by atoms with Crippen LogP contribution in [0.1, 0.15) is 70.9 Å². The number of hydrogen-bond donors (Lipinski definition) is 0. The zero-order chi connectivity index (χ0) is 21.2. The smallest absolute Gasteiger partial charge is 0.219 e. The Bertz CT molecular complexity index is 722. The van der Waals surface area contributed by atoms with Crippen molar-refractivity contribution >= 4 is 5.91 Å². The summed E-state index contributed by atoms with van der Waals surface area (Å²) in [5, 5.41) is 0. The predicted molar refractivity (Wildman–Crippen MR) is 121 cm³/mol. The van der Waals surface area contributed by atoms with Gasteiger partial charge in [-0.05, 0) is 61.8 Å². The van der Waals surface area contributed by atoms with Crippen molar-refractivity contribution in [2.45, 2.75) is 72.4 Å². The monoisotopic (exact) mass is 395 g/mol. The third kappa shape index (κ3) is 8.31. The fourth-order valence-electron chi connectivity index (χ4n) is 3.57. The van der Waals surface area contributed by atoms with Crippen LogP contribution in [0.3, 0.4) is 0 Å². The second kappa shape index (κ2) is 11.6. The molecule has 0 saturated heterocycles. The molecule has 2 rings (SSSR count). The summed E-state index contributed by atoms with van der Waals surface area (Å²) >= 11 is 0. The SMILES string of the molecule is CC(=O)N(CC[C@@H](CCC(C)C)c1ccc(OC(C)C)cc1)Cc1ccccc1. The second-order valence-corrected chi connectivity index (χ2v) is 8.62. The van der Waals surface area contributed by atoms with Gasteiger partial charge >= 0.3 is 0 Å². The van der Waals surface area contributed by atoms with Crippen LogP contribution in [0.4, 0.5) is 0 Å². The molecule has 0 aliphatic rings. The number of rotatable bonds is 11. The van der Waals surface area contributed by atoms with Crippen LogP contribution in [0.25, 0.3) is 0 Å². The van der Waals surface area contributed by atoms with E-state index in [2.05, 4.69) is 50.2 Å². The molecular formula is C26H37NO2. The maximum Gasteiger partial charge on any atom is 0.219 e. The highest BCUT2D eigenvalue weighted by Crippen LogP contribution is 2.29. The lowest BCUT2D eigenvalue weighted by Crippen LogP contribution is -2.30. The highest BCUT2D eigenvalue weighted by atomic mass is 16.5. The van der Waals surface area contributed by atoms with Crippen LogP contribution in [-0.2, 0) is 11.3 Å². The minimum atomic E-state index is 0.136. The average Bonchev–Trinajstić information content (AvgIpc) is 2.68. The number of amides is 1. The van der Waals surface area contributed by atoms with Gasteiger partial charge in [-0.2, -0.15) is 0 Å². The second-order valence-electron chi connectivity index (χ2n) is 8.62. The van der Waals surface area contributed by atoms with E-state index < -0.39 is 0 Å². The standard InChI is InChI=1S/C26H37NO2/c1-20(2)11-12-25(24-13-15-26(16-14-24)29-21(3)4)17-18-27(22(5)28)19-23-9-7-6-8-10-23/h6-10,13-16,20-21,25H,11-12,17-19H2,1-5H3/t25-/m1/s1. The minimum absolute atomic E-state index is 0.136. The summed E-state index contributed by atoms with van der Waals surface area (Å²) in [7, 11) is 0. The van der Waals surface area contributed by atoms with E-state index in [9.17, 15) is 4.79 Å². The Labute approximate surface area is 177 Å². The molecule has 0 N–H and O–H groups in total. The fraction of sp³-hybridized carbons (Fsp3) is 0.500. The van der Waals surface area contributed by atoms with E-state index in [-0.39, 0.29) is 12.0 Å². The lowest BCUT2D eigenvalue weighted by molar-refractivity contribution is -0.129. The number of carbonyl (C=O) groups is 1. The molecule has 2 aromatic rings. The van der Waals surface area contributed by atoms with Crippen LogP contribution in [-0.4, -0.2) is 23.5 Å². The van der Waals surface area contributed by atoms with Gasteiger partial charge in [-0.15, -0.1) is 0 Å². The number of hydrogen-bond acceptors (Lipinski definition) is 2. The fourth-order valence-corrected chi connectivity index (χ4v) is 3.57. The van der Waals surface area contributed by atoms with E-state index in [0.29, 0.717) is 18.4 Å². The van der Waals surface area contributed by atoms with Crippen molar-refractivity contribution in [3.05, 3.63) is 65.7 Å². The summed E-state index contributed by atoms with van der Waals surface area (Å²) < 4.78 is 5.79. The third-order valence-electron chi connectivity index (χ3n) is 5.22. The van der Waals surface area contributed by atoms with Gasteiger partial charge in [0.25, 0.3) is 0 Å². The average molecular weight is 396 g/mol. The topological polar surface area (TPSA) is 29.5 Å². The Morgan fingerprint density at radius 1 is 0.897 bits per heavy atom. The summed E-state index contributed by atoms with van der Waals surface area (Å²) in [6.07, 6.45) is 3.48. The molecule has 0 unspecified atom stereocenters. The molecule has 3 heteroatoms. The van der Waals surface area contributed by atoms with Crippen molar-refractivity contribution in [3.8, 4) is 5.75 Å². The van der Waals surface area contributed by atoms with Crippen LogP contribution in [0.15, 0.2) is 54.6 Å². The van der Waals surface area contributed by atoms with Gasteiger partial charge in [-0.1, -0.05) is 62.7 Å². The summed E-state index contributed by atoms with van der Waals surface area (Å²) in [6.45, 7) is 11.8. The Morgan fingerprint density at radius 3 is 2.10 bits per heavy atom. The zero-order valence-corrected chi connectivity index (χ0v) is 18.7. The van der Waals surface area contributed by atoms with Crippen molar-refractivity contribution in [3.63, 3.8) is 0 Å². The Balaban J connectivity index is 2.07. The maximum absolute atomic E-state index is 12.2. The van der Waals surface area contributed by atoms with Gasteiger partial charge in [-0.25, -0.2) is 0 Å². The number of carbonyl (C=O) groups excluding carboxylic acids is 1. The van der Waals surface area contributed by atoms with Gasteiger partial charge in [-0.3, -0.25) is 4.79 Å². The molecule has 1 amide bonds. The largest absolute Gasteiger partial charge is 0.491 e. The van der Waals surface area contributed by atoms with Crippen LogP contribution in [0.2, 0.25) is 0 Å². The van der Waals surface area contributed by atoms with E-state index in [1.165, 1.54) is 17.5 Å². The first kappa shape index (κ1) is 23.0. The first-order valence-electron chi connectivity index (χ1n) is 10.9. The van der Waals surface area contributed by atoms with Gasteiger partial charge in [0.1, 0.15) is 5.75 Å². The predicted octanol–water partition coefficient (Wildman–Crippen LogP) is 6.43. The van der Waals surface area contributed by atoms with Gasteiger partial charge in [0.15, 0.2) is 0 Å². The third-order valence-corrected chi connectivity index (χ3v) is 5.22. The molecule has 0 saturated carbocycles. The summed E-state index contributed by atoms with van der Waals surface area (Å²) in [6, 6.07) is 18.8. The van der Waals surface area contributed by atoms with Crippen LogP contribution >= 0.6 is 0 Å². The lowest BCUT2D eigenvalue weighted by Gasteiger charge is -2.25. The van der Waals surface area contributed by atoms with Crippen LogP contribution < -0.4 is 4.74 Å². The Hall–Kier alpha value is -2.29. The quantitative estimate of drug-likeness (QED) is 0.438. The molecule has 0 aromatic heterocycles. The van der Waals surface area contributed by atoms with Crippen molar-refractivity contribution in [1.29, 1.82) is 0 Å². The Morgan fingerprint density at radius 2 is 1.55 bits per heavy atom. The molecule has 1 atom stereocenters. The molecule has 0 heterocycles. The molecule has 0 spiro atoms. The van der Waals surface area contributed by atoms with E-state index in [0.717, 1.165) is 25.1 Å². The van der Waals surface area contributed by atoms with Crippen molar-refractivity contribution in [2.75, 3.05) is 6.54 Å². The van der Waals surface area contributed by atoms with Gasteiger partial charge < -0.3 is 9.64 Å². The highest BCUT2D eigenvalue weighted by molar-refractivity contribution is 5.73. The first-order chi connectivity index (χ1) is 13.8. The molecule has 0 aliphatic carbocycles. The summed E-state index contributed by atoms with van der Waals surface area (Å²) in [4.78, 5) is 14.2.